The number of halogens is 2. The highest BCUT2D eigenvalue weighted by molar-refractivity contribution is 5.54. The normalized spacial score (nSPS) is 12.7. The van der Waals surface area contributed by atoms with Gasteiger partial charge in [0, 0.05) is 11.7 Å². The van der Waals surface area contributed by atoms with E-state index in [0.29, 0.717) is 0 Å². The maximum atomic E-state index is 13.6. The molecule has 1 atom stereocenters. The largest absolute Gasteiger partial charge is 0.399 e. The van der Waals surface area contributed by atoms with E-state index in [4.69, 9.17) is 5.73 Å². The molecule has 0 aliphatic heterocycles. The molecule has 3 nitrogen and oxygen atoms in total. The van der Waals surface area contributed by atoms with Crippen LogP contribution in [0.2, 0.25) is 0 Å². The van der Waals surface area contributed by atoms with Crippen LogP contribution in [0.15, 0.2) is 12.1 Å². The van der Waals surface area contributed by atoms with Gasteiger partial charge in [0.15, 0.2) is 11.6 Å². The van der Waals surface area contributed by atoms with E-state index < -0.39 is 11.6 Å². The highest BCUT2D eigenvalue weighted by Gasteiger charge is 2.13. The van der Waals surface area contributed by atoms with Crippen LogP contribution in [0, 0.1) is 11.6 Å². The van der Waals surface area contributed by atoms with Crippen LogP contribution in [-0.2, 0) is 0 Å². The van der Waals surface area contributed by atoms with Crippen LogP contribution in [-0.4, -0.2) is 30.6 Å². The molecule has 0 aliphatic carbocycles. The third kappa shape index (κ3) is 4.96. The van der Waals surface area contributed by atoms with Gasteiger partial charge in [-0.15, -0.1) is 0 Å². The number of nitrogens with zero attached hydrogens (tertiary/aromatic N) is 1. The number of anilines is 2. The van der Waals surface area contributed by atoms with Gasteiger partial charge in [-0.05, 0) is 51.5 Å². The number of nitrogen functional groups attached to an aromatic ring is 1. The van der Waals surface area contributed by atoms with Crippen LogP contribution < -0.4 is 11.1 Å². The fourth-order valence-electron chi connectivity index (χ4n) is 2.21. The number of hydrogen-bond donors (Lipinski definition) is 2. The van der Waals surface area contributed by atoms with Crippen molar-refractivity contribution >= 4 is 11.4 Å². The zero-order chi connectivity index (χ0) is 15.1. The molecular weight excluding hydrogens is 260 g/mol. The van der Waals surface area contributed by atoms with Crippen LogP contribution in [0.25, 0.3) is 0 Å². The van der Waals surface area contributed by atoms with Crippen molar-refractivity contribution in [3.63, 3.8) is 0 Å². The molecule has 20 heavy (non-hydrogen) atoms. The van der Waals surface area contributed by atoms with Crippen LogP contribution in [0.1, 0.15) is 33.6 Å². The highest BCUT2D eigenvalue weighted by atomic mass is 19.1. The first-order valence-electron chi connectivity index (χ1n) is 7.21. The van der Waals surface area contributed by atoms with E-state index in [2.05, 4.69) is 24.1 Å². The first-order chi connectivity index (χ1) is 9.47. The molecule has 0 spiro atoms. The van der Waals surface area contributed by atoms with E-state index in [1.807, 2.05) is 6.92 Å². The Kier molecular flexibility index (Phi) is 6.71. The summed E-state index contributed by atoms with van der Waals surface area (Å²) in [5.41, 5.74) is 5.40. The molecule has 1 rings (SSSR count). The van der Waals surface area contributed by atoms with Gasteiger partial charge in [0.2, 0.25) is 0 Å². The number of rotatable bonds is 8. The summed E-state index contributed by atoms with van der Waals surface area (Å²) in [6.45, 7) is 9.25. The van der Waals surface area contributed by atoms with Crippen molar-refractivity contribution in [1.82, 2.24) is 4.90 Å². The molecule has 0 saturated carbocycles. The number of hydrogen-bond acceptors (Lipinski definition) is 3. The van der Waals surface area contributed by atoms with Gasteiger partial charge < -0.3 is 16.0 Å². The molecule has 114 valence electrons. The topological polar surface area (TPSA) is 41.3 Å². The van der Waals surface area contributed by atoms with Gasteiger partial charge in [-0.2, -0.15) is 0 Å². The zero-order valence-corrected chi connectivity index (χ0v) is 12.5. The van der Waals surface area contributed by atoms with Crippen molar-refractivity contribution in [2.45, 2.75) is 39.7 Å². The van der Waals surface area contributed by atoms with Crippen molar-refractivity contribution in [2.24, 2.45) is 0 Å². The Balaban J connectivity index is 2.48. The molecule has 0 aromatic heterocycles. The number of nitrogens with two attached hydrogens (primary N) is 1. The van der Waals surface area contributed by atoms with Crippen LogP contribution in [0.5, 0.6) is 0 Å². The van der Waals surface area contributed by atoms with Crippen molar-refractivity contribution in [3.8, 4) is 0 Å². The van der Waals surface area contributed by atoms with E-state index in [1.54, 1.807) is 0 Å². The molecule has 0 aliphatic rings. The second-order valence-corrected chi connectivity index (χ2v) is 5.07. The van der Waals surface area contributed by atoms with Crippen LogP contribution >= 0.6 is 0 Å². The van der Waals surface area contributed by atoms with Crippen molar-refractivity contribution in [3.05, 3.63) is 23.8 Å². The Bertz CT molecular complexity index is 397. The van der Waals surface area contributed by atoms with E-state index in [-0.39, 0.29) is 17.4 Å². The lowest BCUT2D eigenvalue weighted by atomic mass is 10.1. The predicted molar refractivity (Wildman–Crippen MR) is 80.9 cm³/mol. The van der Waals surface area contributed by atoms with Gasteiger partial charge in [0.25, 0.3) is 0 Å². The number of benzene rings is 1. The maximum Gasteiger partial charge on any atom is 0.151 e. The van der Waals surface area contributed by atoms with Gasteiger partial charge in [-0.1, -0.05) is 13.8 Å². The Hall–Kier alpha value is -1.36. The van der Waals surface area contributed by atoms with Gasteiger partial charge >= 0.3 is 0 Å². The Morgan fingerprint density at radius 2 is 1.75 bits per heavy atom. The first kappa shape index (κ1) is 16.7. The summed E-state index contributed by atoms with van der Waals surface area (Å²) in [6, 6.07) is 2.28. The average molecular weight is 285 g/mol. The molecule has 5 heteroatoms. The standard InChI is InChI=1S/C15H25F2N3/c1-4-20(5-2)8-6-7-11(3)19-15-13(16)9-12(18)10-14(15)17/h9-11,19H,4-8,18H2,1-3H3. The molecule has 0 heterocycles. The fourth-order valence-corrected chi connectivity index (χ4v) is 2.21. The Morgan fingerprint density at radius 3 is 2.25 bits per heavy atom. The van der Waals surface area contributed by atoms with E-state index >= 15 is 0 Å². The summed E-state index contributed by atoms with van der Waals surface area (Å²) >= 11 is 0. The lowest BCUT2D eigenvalue weighted by Crippen LogP contribution is -2.26. The van der Waals surface area contributed by atoms with Gasteiger partial charge in [-0.25, -0.2) is 8.78 Å². The monoisotopic (exact) mass is 285 g/mol. The average Bonchev–Trinajstić information content (AvgIpc) is 2.39. The number of nitrogens with one attached hydrogen (secondary N) is 1. The lowest BCUT2D eigenvalue weighted by Gasteiger charge is -2.20. The molecule has 0 bridgehead atoms. The fraction of sp³-hybridized carbons (Fsp3) is 0.600. The predicted octanol–water partition coefficient (Wildman–Crippen LogP) is 3.47. The molecule has 0 fully saturated rings. The molecule has 1 aromatic rings. The molecule has 0 amide bonds. The minimum atomic E-state index is -0.641. The van der Waals surface area contributed by atoms with E-state index in [9.17, 15) is 8.78 Å². The first-order valence-corrected chi connectivity index (χ1v) is 7.21. The summed E-state index contributed by atoms with van der Waals surface area (Å²) in [5, 5.41) is 2.89. The maximum absolute atomic E-state index is 13.6. The zero-order valence-electron chi connectivity index (χ0n) is 12.5. The SMILES string of the molecule is CCN(CC)CCCC(C)Nc1c(F)cc(N)cc1F. The third-order valence-electron chi connectivity index (χ3n) is 3.46. The molecule has 1 aromatic carbocycles. The van der Waals surface area contributed by atoms with Crippen LogP contribution in [0.4, 0.5) is 20.2 Å². The molecule has 0 radical (unpaired) electrons. The summed E-state index contributed by atoms with van der Waals surface area (Å²) in [5.74, 6) is -1.28. The molecule has 1 unspecified atom stereocenters. The highest BCUT2D eigenvalue weighted by Crippen LogP contribution is 2.23. The second-order valence-electron chi connectivity index (χ2n) is 5.07. The van der Waals surface area contributed by atoms with Crippen molar-refractivity contribution in [2.75, 3.05) is 30.7 Å². The van der Waals surface area contributed by atoms with Crippen LogP contribution in [0.3, 0.4) is 0 Å². The van der Waals surface area contributed by atoms with Gasteiger partial charge in [0.05, 0.1) is 0 Å². The van der Waals surface area contributed by atoms with Gasteiger partial charge in [-0.3, -0.25) is 0 Å². The second kappa shape index (κ2) is 8.04. The Labute approximate surface area is 120 Å². The molecule has 0 saturated heterocycles. The smallest absolute Gasteiger partial charge is 0.151 e. The summed E-state index contributed by atoms with van der Waals surface area (Å²) in [7, 11) is 0. The summed E-state index contributed by atoms with van der Waals surface area (Å²) < 4.78 is 27.3. The molecule has 3 N–H and O–H groups in total. The minimum Gasteiger partial charge on any atom is -0.399 e. The lowest BCUT2D eigenvalue weighted by molar-refractivity contribution is 0.295. The summed E-state index contributed by atoms with van der Waals surface area (Å²) in [6.07, 6.45) is 1.85. The van der Waals surface area contributed by atoms with E-state index in [0.717, 1.165) is 44.6 Å². The quantitative estimate of drug-likeness (QED) is 0.719. The molecular formula is C15H25F2N3. The van der Waals surface area contributed by atoms with E-state index in [1.165, 1.54) is 0 Å². The summed E-state index contributed by atoms with van der Waals surface area (Å²) in [4.78, 5) is 2.33. The van der Waals surface area contributed by atoms with Crippen molar-refractivity contribution in [1.29, 1.82) is 0 Å². The minimum absolute atomic E-state index is 0.0122. The Morgan fingerprint density at radius 1 is 1.20 bits per heavy atom. The van der Waals surface area contributed by atoms with Crippen molar-refractivity contribution < 1.29 is 8.78 Å². The van der Waals surface area contributed by atoms with Gasteiger partial charge in [0.1, 0.15) is 5.69 Å². The third-order valence-corrected chi connectivity index (χ3v) is 3.46.